The highest BCUT2D eigenvalue weighted by molar-refractivity contribution is 7.14. The predicted molar refractivity (Wildman–Crippen MR) is 116 cm³/mol. The number of hydrogen-bond donors (Lipinski definition) is 3. The second kappa shape index (κ2) is 9.76. The quantitative estimate of drug-likeness (QED) is 0.335. The second-order valence-corrected chi connectivity index (χ2v) is 7.56. The number of benzene rings is 2. The summed E-state index contributed by atoms with van der Waals surface area (Å²) in [6.45, 7) is 2.97. The SMILES string of the molecule is CCN(NC[C@H](O)c1cccc(Cl)c1)c1cccc(-c2sccc2OC(=O)O)c1. The number of carboxylic acid groups (broad SMARTS) is 1. The molecular weight excluding hydrogens is 412 g/mol. The van der Waals surface area contributed by atoms with Crippen LogP contribution >= 0.6 is 22.9 Å². The zero-order valence-electron chi connectivity index (χ0n) is 15.7. The van der Waals surface area contributed by atoms with E-state index in [1.165, 1.54) is 11.3 Å². The third-order valence-corrected chi connectivity index (χ3v) is 5.45. The number of aliphatic hydroxyl groups excluding tert-OH is 1. The summed E-state index contributed by atoms with van der Waals surface area (Å²) in [6, 6.07) is 16.5. The summed E-state index contributed by atoms with van der Waals surface area (Å²) in [4.78, 5) is 11.6. The fourth-order valence-corrected chi connectivity index (χ4v) is 3.93. The van der Waals surface area contributed by atoms with Gasteiger partial charge in [0.15, 0.2) is 5.75 Å². The molecule has 0 radical (unpaired) electrons. The lowest BCUT2D eigenvalue weighted by Gasteiger charge is -2.26. The fraction of sp³-hybridized carbons (Fsp3) is 0.190. The van der Waals surface area contributed by atoms with E-state index < -0.39 is 12.3 Å². The monoisotopic (exact) mass is 432 g/mol. The Morgan fingerprint density at radius 1 is 1.24 bits per heavy atom. The molecular formula is C21H21ClN2O4S. The summed E-state index contributed by atoms with van der Waals surface area (Å²) < 4.78 is 4.86. The fourth-order valence-electron chi connectivity index (χ4n) is 2.91. The van der Waals surface area contributed by atoms with E-state index in [1.54, 1.807) is 29.6 Å². The number of anilines is 1. The Hall–Kier alpha value is -2.58. The van der Waals surface area contributed by atoms with E-state index in [1.807, 2.05) is 42.3 Å². The maximum absolute atomic E-state index is 10.9. The molecule has 0 unspecified atom stereocenters. The summed E-state index contributed by atoms with van der Waals surface area (Å²) in [5, 5.41) is 23.6. The number of halogens is 1. The molecule has 0 aliphatic carbocycles. The Morgan fingerprint density at radius 2 is 2.03 bits per heavy atom. The van der Waals surface area contributed by atoms with Crippen molar-refractivity contribution in [1.82, 2.24) is 5.43 Å². The van der Waals surface area contributed by atoms with Crippen LogP contribution in [0, 0.1) is 0 Å². The number of hydrazine groups is 1. The molecule has 0 bridgehead atoms. The minimum Gasteiger partial charge on any atom is -0.449 e. The number of hydrogen-bond acceptors (Lipinski definition) is 6. The van der Waals surface area contributed by atoms with Gasteiger partial charge in [-0.1, -0.05) is 35.9 Å². The molecule has 3 rings (SSSR count). The van der Waals surface area contributed by atoms with Crippen molar-refractivity contribution in [1.29, 1.82) is 0 Å². The first-order valence-corrected chi connectivity index (χ1v) is 10.3. The van der Waals surface area contributed by atoms with E-state index in [0.717, 1.165) is 21.7 Å². The highest BCUT2D eigenvalue weighted by atomic mass is 35.5. The lowest BCUT2D eigenvalue weighted by atomic mass is 10.1. The van der Waals surface area contributed by atoms with Gasteiger partial charge in [-0.2, -0.15) is 0 Å². The van der Waals surface area contributed by atoms with Crippen molar-refractivity contribution < 1.29 is 19.7 Å². The van der Waals surface area contributed by atoms with E-state index in [-0.39, 0.29) is 0 Å². The van der Waals surface area contributed by atoms with Gasteiger partial charge in [-0.25, -0.2) is 10.2 Å². The van der Waals surface area contributed by atoms with Crippen molar-refractivity contribution in [2.75, 3.05) is 18.1 Å². The van der Waals surface area contributed by atoms with E-state index in [0.29, 0.717) is 23.9 Å². The third kappa shape index (κ3) is 5.48. The number of aliphatic hydroxyl groups is 1. The first-order valence-electron chi connectivity index (χ1n) is 9.01. The highest BCUT2D eigenvalue weighted by Gasteiger charge is 2.14. The predicted octanol–water partition coefficient (Wildman–Crippen LogP) is 5.19. The molecule has 152 valence electrons. The van der Waals surface area contributed by atoms with Gasteiger partial charge in [-0.3, -0.25) is 0 Å². The molecule has 1 heterocycles. The van der Waals surface area contributed by atoms with Crippen molar-refractivity contribution in [3.05, 3.63) is 70.6 Å². The van der Waals surface area contributed by atoms with Crippen LogP contribution in [-0.2, 0) is 0 Å². The summed E-state index contributed by atoms with van der Waals surface area (Å²) in [5.74, 6) is 0.312. The summed E-state index contributed by atoms with van der Waals surface area (Å²) >= 11 is 7.41. The van der Waals surface area contributed by atoms with Gasteiger partial charge < -0.3 is 20.0 Å². The molecule has 6 nitrogen and oxygen atoms in total. The smallest absolute Gasteiger partial charge is 0.449 e. The van der Waals surface area contributed by atoms with Crippen LogP contribution in [0.3, 0.4) is 0 Å². The summed E-state index contributed by atoms with van der Waals surface area (Å²) in [7, 11) is 0. The Labute approximate surface area is 177 Å². The summed E-state index contributed by atoms with van der Waals surface area (Å²) in [5.41, 5.74) is 5.72. The first-order chi connectivity index (χ1) is 14.0. The Kier molecular flexibility index (Phi) is 7.11. The number of nitrogens with one attached hydrogen (secondary N) is 1. The molecule has 3 aromatic rings. The number of ether oxygens (including phenoxy) is 1. The topological polar surface area (TPSA) is 82.0 Å². The molecule has 0 spiro atoms. The normalized spacial score (nSPS) is 11.8. The molecule has 1 atom stereocenters. The van der Waals surface area contributed by atoms with Crippen LogP contribution in [0.25, 0.3) is 10.4 Å². The van der Waals surface area contributed by atoms with Crippen LogP contribution in [0.2, 0.25) is 5.02 Å². The standard InChI is InChI=1S/C21H21ClN2O4S/c1-2-24(23-13-18(25)14-5-3-7-16(22)11-14)17-8-4-6-15(12-17)20-19(9-10-29-20)28-21(26)27/h3-12,18,23,25H,2,13H2,1H3,(H,26,27)/t18-/m0/s1. The molecule has 0 fully saturated rings. The van der Waals surface area contributed by atoms with Gasteiger partial charge >= 0.3 is 6.16 Å². The van der Waals surface area contributed by atoms with Gasteiger partial charge in [0.05, 0.1) is 16.7 Å². The van der Waals surface area contributed by atoms with Crippen molar-refractivity contribution in [2.45, 2.75) is 13.0 Å². The highest BCUT2D eigenvalue weighted by Crippen LogP contribution is 2.37. The number of nitrogens with zero attached hydrogens (tertiary/aromatic N) is 1. The van der Waals surface area contributed by atoms with Crippen molar-refractivity contribution in [2.24, 2.45) is 0 Å². The molecule has 1 aromatic heterocycles. The molecule has 0 amide bonds. The molecule has 0 aliphatic heterocycles. The molecule has 8 heteroatoms. The van der Waals surface area contributed by atoms with E-state index in [2.05, 4.69) is 5.43 Å². The number of thiophene rings is 1. The van der Waals surface area contributed by atoms with Gasteiger partial charge in [0, 0.05) is 18.1 Å². The first kappa shape index (κ1) is 21.1. The number of rotatable bonds is 8. The molecule has 2 aromatic carbocycles. The van der Waals surface area contributed by atoms with Crippen LogP contribution in [0.4, 0.5) is 10.5 Å². The minimum absolute atomic E-state index is 0.310. The zero-order valence-corrected chi connectivity index (χ0v) is 17.3. The maximum Gasteiger partial charge on any atom is 0.511 e. The van der Waals surface area contributed by atoms with Gasteiger partial charge in [-0.05, 0) is 53.8 Å². The van der Waals surface area contributed by atoms with Crippen LogP contribution in [0.15, 0.2) is 60.0 Å². The molecule has 3 N–H and O–H groups in total. The Morgan fingerprint density at radius 3 is 2.76 bits per heavy atom. The van der Waals surface area contributed by atoms with Crippen molar-refractivity contribution in [3.63, 3.8) is 0 Å². The zero-order chi connectivity index (χ0) is 20.8. The van der Waals surface area contributed by atoms with Gasteiger partial charge in [0.2, 0.25) is 0 Å². The van der Waals surface area contributed by atoms with Crippen LogP contribution in [-0.4, -0.2) is 29.5 Å². The largest absolute Gasteiger partial charge is 0.511 e. The second-order valence-electron chi connectivity index (χ2n) is 6.21. The molecule has 0 saturated carbocycles. The van der Waals surface area contributed by atoms with E-state index >= 15 is 0 Å². The third-order valence-electron chi connectivity index (χ3n) is 4.27. The Bertz CT molecular complexity index is 979. The van der Waals surface area contributed by atoms with Crippen LogP contribution in [0.1, 0.15) is 18.6 Å². The minimum atomic E-state index is -1.34. The van der Waals surface area contributed by atoms with E-state index in [9.17, 15) is 9.90 Å². The van der Waals surface area contributed by atoms with Crippen molar-refractivity contribution >= 4 is 34.8 Å². The lowest BCUT2D eigenvalue weighted by molar-refractivity contribution is 0.145. The molecule has 0 saturated heterocycles. The van der Waals surface area contributed by atoms with Gasteiger partial charge in [0.25, 0.3) is 0 Å². The van der Waals surface area contributed by atoms with E-state index in [4.69, 9.17) is 21.4 Å². The van der Waals surface area contributed by atoms with Gasteiger partial charge in [-0.15, -0.1) is 11.3 Å². The maximum atomic E-state index is 10.9. The Balaban J connectivity index is 1.74. The average Bonchev–Trinajstić information content (AvgIpc) is 3.16. The van der Waals surface area contributed by atoms with Crippen LogP contribution < -0.4 is 15.2 Å². The number of carbonyl (C=O) groups is 1. The molecule has 29 heavy (non-hydrogen) atoms. The molecule has 0 aliphatic rings. The summed E-state index contributed by atoms with van der Waals surface area (Å²) in [6.07, 6.45) is -2.05. The average molecular weight is 433 g/mol. The van der Waals surface area contributed by atoms with Crippen molar-refractivity contribution in [3.8, 4) is 16.2 Å². The lowest BCUT2D eigenvalue weighted by Crippen LogP contribution is -2.40. The van der Waals surface area contributed by atoms with Crippen LogP contribution in [0.5, 0.6) is 5.75 Å². The van der Waals surface area contributed by atoms with Gasteiger partial charge in [0.1, 0.15) is 0 Å².